The van der Waals surface area contributed by atoms with Crippen LogP contribution in [0.25, 0.3) is 10.8 Å². The number of nitrogen functional groups attached to an aromatic ring is 1. The lowest BCUT2D eigenvalue weighted by atomic mass is 10.1. The number of pyridine rings is 1. The van der Waals surface area contributed by atoms with Crippen molar-refractivity contribution in [3.63, 3.8) is 0 Å². The number of aromatic nitrogens is 1. The smallest absolute Gasteiger partial charge is 0.258 e. The normalized spacial score (nSPS) is 12.9. The highest BCUT2D eigenvalue weighted by atomic mass is 16.3. The topological polar surface area (TPSA) is 68.2 Å². The molecule has 0 amide bonds. The second kappa shape index (κ2) is 3.98. The highest BCUT2D eigenvalue weighted by Gasteiger charge is 2.06. The van der Waals surface area contributed by atoms with Crippen LogP contribution in [0.15, 0.2) is 35.3 Å². The van der Waals surface area contributed by atoms with Crippen molar-refractivity contribution in [1.82, 2.24) is 4.57 Å². The van der Waals surface area contributed by atoms with Crippen LogP contribution in [-0.2, 0) is 6.54 Å². The van der Waals surface area contributed by atoms with Crippen LogP contribution in [-0.4, -0.2) is 15.8 Å². The fraction of sp³-hybridized carbons (Fsp3) is 0.250. The van der Waals surface area contributed by atoms with Crippen molar-refractivity contribution < 1.29 is 5.11 Å². The Hall–Kier alpha value is -1.81. The van der Waals surface area contributed by atoms with Gasteiger partial charge in [0.15, 0.2) is 0 Å². The summed E-state index contributed by atoms with van der Waals surface area (Å²) < 4.78 is 1.49. The summed E-state index contributed by atoms with van der Waals surface area (Å²) in [5, 5.41) is 10.6. The molecule has 84 valence electrons. The maximum Gasteiger partial charge on any atom is 0.258 e. The first-order chi connectivity index (χ1) is 7.59. The lowest BCUT2D eigenvalue weighted by Gasteiger charge is -2.09. The van der Waals surface area contributed by atoms with Crippen molar-refractivity contribution in [2.45, 2.75) is 19.6 Å². The van der Waals surface area contributed by atoms with Gasteiger partial charge in [-0.25, -0.2) is 0 Å². The second-order valence-electron chi connectivity index (χ2n) is 3.93. The minimum absolute atomic E-state index is 0.120. The van der Waals surface area contributed by atoms with Crippen molar-refractivity contribution in [1.29, 1.82) is 0 Å². The van der Waals surface area contributed by atoms with Crippen LogP contribution >= 0.6 is 0 Å². The zero-order valence-electron chi connectivity index (χ0n) is 9.05. The highest BCUT2D eigenvalue weighted by Crippen LogP contribution is 2.16. The molecular formula is C12H14N2O2. The average molecular weight is 218 g/mol. The minimum atomic E-state index is -0.545. The summed E-state index contributed by atoms with van der Waals surface area (Å²) >= 11 is 0. The number of hydrogen-bond donors (Lipinski definition) is 2. The SMILES string of the molecule is CC(O)Cn1ccc2c(N)cccc2c1=O. The third-order valence-electron chi connectivity index (χ3n) is 2.51. The van der Waals surface area contributed by atoms with Crippen LogP contribution < -0.4 is 11.3 Å². The van der Waals surface area contributed by atoms with Gasteiger partial charge >= 0.3 is 0 Å². The minimum Gasteiger partial charge on any atom is -0.398 e. The maximum atomic E-state index is 12.0. The Balaban J connectivity index is 2.66. The number of benzene rings is 1. The Labute approximate surface area is 92.9 Å². The molecule has 0 fully saturated rings. The van der Waals surface area contributed by atoms with Gasteiger partial charge in [-0.15, -0.1) is 0 Å². The van der Waals surface area contributed by atoms with Gasteiger partial charge < -0.3 is 15.4 Å². The van der Waals surface area contributed by atoms with E-state index in [1.54, 1.807) is 37.4 Å². The zero-order chi connectivity index (χ0) is 11.7. The fourth-order valence-corrected chi connectivity index (χ4v) is 1.77. The van der Waals surface area contributed by atoms with Crippen LogP contribution in [0.5, 0.6) is 0 Å². The Morgan fingerprint density at radius 2 is 2.12 bits per heavy atom. The third kappa shape index (κ3) is 1.79. The molecule has 2 aromatic rings. The first-order valence-electron chi connectivity index (χ1n) is 5.15. The standard InChI is InChI=1S/C12H14N2O2/c1-8(15)7-14-6-5-9-10(12(14)16)3-2-4-11(9)13/h2-6,8,15H,7,13H2,1H3. The number of anilines is 1. The number of hydrogen-bond acceptors (Lipinski definition) is 3. The Morgan fingerprint density at radius 1 is 1.38 bits per heavy atom. The van der Waals surface area contributed by atoms with E-state index in [0.717, 1.165) is 5.39 Å². The van der Waals surface area contributed by atoms with Crippen molar-refractivity contribution in [3.05, 3.63) is 40.8 Å². The van der Waals surface area contributed by atoms with E-state index in [1.165, 1.54) is 4.57 Å². The summed E-state index contributed by atoms with van der Waals surface area (Å²) in [4.78, 5) is 12.0. The second-order valence-corrected chi connectivity index (χ2v) is 3.93. The molecule has 2 rings (SSSR count). The monoisotopic (exact) mass is 218 g/mol. The summed E-state index contributed by atoms with van der Waals surface area (Å²) in [6.45, 7) is 1.94. The summed E-state index contributed by atoms with van der Waals surface area (Å²) in [5.74, 6) is 0. The number of aliphatic hydroxyl groups excluding tert-OH is 1. The summed E-state index contributed by atoms with van der Waals surface area (Å²) in [6, 6.07) is 7.06. The number of aliphatic hydroxyl groups is 1. The lowest BCUT2D eigenvalue weighted by molar-refractivity contribution is 0.172. The molecule has 0 aliphatic heterocycles. The Kier molecular flexibility index (Phi) is 2.66. The van der Waals surface area contributed by atoms with Gasteiger partial charge in [0.05, 0.1) is 12.6 Å². The molecule has 1 unspecified atom stereocenters. The van der Waals surface area contributed by atoms with Gasteiger partial charge in [-0.1, -0.05) is 6.07 Å². The summed E-state index contributed by atoms with van der Waals surface area (Å²) in [7, 11) is 0. The van der Waals surface area contributed by atoms with Crippen molar-refractivity contribution >= 4 is 16.5 Å². The van der Waals surface area contributed by atoms with E-state index in [2.05, 4.69) is 0 Å². The number of fused-ring (bicyclic) bond motifs is 1. The molecule has 4 heteroatoms. The van der Waals surface area contributed by atoms with Gasteiger partial charge in [0.2, 0.25) is 0 Å². The molecule has 16 heavy (non-hydrogen) atoms. The van der Waals surface area contributed by atoms with Gasteiger partial charge in [0.1, 0.15) is 0 Å². The fourth-order valence-electron chi connectivity index (χ4n) is 1.77. The van der Waals surface area contributed by atoms with Gasteiger partial charge in [-0.2, -0.15) is 0 Å². The summed E-state index contributed by atoms with van der Waals surface area (Å²) in [5.41, 5.74) is 6.26. The molecule has 0 spiro atoms. The van der Waals surface area contributed by atoms with Gasteiger partial charge in [0.25, 0.3) is 5.56 Å². The van der Waals surface area contributed by atoms with E-state index in [4.69, 9.17) is 5.73 Å². The molecule has 0 bridgehead atoms. The molecule has 0 aliphatic carbocycles. The lowest BCUT2D eigenvalue weighted by Crippen LogP contribution is -2.24. The van der Waals surface area contributed by atoms with Crippen LogP contribution in [0, 0.1) is 0 Å². The third-order valence-corrected chi connectivity index (χ3v) is 2.51. The van der Waals surface area contributed by atoms with E-state index >= 15 is 0 Å². The summed E-state index contributed by atoms with van der Waals surface area (Å²) in [6.07, 6.45) is 1.12. The van der Waals surface area contributed by atoms with E-state index < -0.39 is 6.10 Å². The molecule has 1 heterocycles. The zero-order valence-corrected chi connectivity index (χ0v) is 9.05. The predicted octanol–water partition coefficient (Wildman–Crippen LogP) is 0.965. The van der Waals surface area contributed by atoms with Crippen molar-refractivity contribution in [3.8, 4) is 0 Å². The molecule has 4 nitrogen and oxygen atoms in total. The molecule has 1 aromatic heterocycles. The van der Waals surface area contributed by atoms with Crippen molar-refractivity contribution in [2.24, 2.45) is 0 Å². The van der Waals surface area contributed by atoms with E-state index in [1.807, 2.05) is 0 Å². The highest BCUT2D eigenvalue weighted by molar-refractivity contribution is 5.91. The van der Waals surface area contributed by atoms with Crippen LogP contribution in [0.4, 0.5) is 5.69 Å². The predicted molar refractivity (Wildman–Crippen MR) is 64.3 cm³/mol. The van der Waals surface area contributed by atoms with Gasteiger partial charge in [-0.3, -0.25) is 4.79 Å². The molecule has 0 saturated heterocycles. The Morgan fingerprint density at radius 3 is 2.81 bits per heavy atom. The maximum absolute atomic E-state index is 12.0. The first kappa shape index (κ1) is 10.7. The van der Waals surface area contributed by atoms with Crippen LogP contribution in [0.3, 0.4) is 0 Å². The molecule has 1 aromatic carbocycles. The number of nitrogens with two attached hydrogens (primary N) is 1. The van der Waals surface area contributed by atoms with Gasteiger partial charge in [-0.05, 0) is 25.1 Å². The van der Waals surface area contributed by atoms with E-state index in [-0.39, 0.29) is 5.56 Å². The quantitative estimate of drug-likeness (QED) is 0.738. The van der Waals surface area contributed by atoms with Crippen molar-refractivity contribution in [2.75, 3.05) is 5.73 Å². The number of rotatable bonds is 2. The largest absolute Gasteiger partial charge is 0.398 e. The van der Waals surface area contributed by atoms with E-state index in [0.29, 0.717) is 17.6 Å². The molecule has 0 saturated carbocycles. The molecule has 0 radical (unpaired) electrons. The van der Waals surface area contributed by atoms with Crippen LogP contribution in [0.2, 0.25) is 0 Å². The van der Waals surface area contributed by atoms with E-state index in [9.17, 15) is 9.90 Å². The molecule has 0 aliphatic rings. The molecule has 3 N–H and O–H groups in total. The van der Waals surface area contributed by atoms with Crippen LogP contribution in [0.1, 0.15) is 6.92 Å². The molecule has 1 atom stereocenters. The van der Waals surface area contributed by atoms with Gasteiger partial charge in [0, 0.05) is 22.7 Å². The first-order valence-corrected chi connectivity index (χ1v) is 5.15. The number of nitrogens with zero attached hydrogens (tertiary/aromatic N) is 1. The Bertz CT molecular complexity index is 573. The average Bonchev–Trinajstić information content (AvgIpc) is 2.23. The molecular weight excluding hydrogens is 204 g/mol.